The first-order chi connectivity index (χ1) is 13.8. The van der Waals surface area contributed by atoms with Gasteiger partial charge in [0.25, 0.3) is 5.91 Å². The van der Waals surface area contributed by atoms with Crippen molar-refractivity contribution in [2.75, 3.05) is 0 Å². The molecule has 1 aromatic heterocycles. The molecule has 5 nitrogen and oxygen atoms in total. The van der Waals surface area contributed by atoms with Crippen LogP contribution in [0.1, 0.15) is 27.2 Å². The lowest BCUT2D eigenvalue weighted by Crippen LogP contribution is -2.19. The van der Waals surface area contributed by atoms with E-state index in [4.69, 9.17) is 5.26 Å². The summed E-state index contributed by atoms with van der Waals surface area (Å²) in [7, 11) is 0. The minimum atomic E-state index is -4.48. The van der Waals surface area contributed by atoms with E-state index in [0.29, 0.717) is 5.69 Å². The number of carbonyl (C=O) groups is 1. The Kier molecular flexibility index (Phi) is 5.45. The fourth-order valence-electron chi connectivity index (χ4n) is 2.55. The van der Waals surface area contributed by atoms with Gasteiger partial charge in [-0.1, -0.05) is 6.07 Å². The molecule has 0 saturated carbocycles. The smallest absolute Gasteiger partial charge is 0.316 e. The maximum absolute atomic E-state index is 13.8. The minimum absolute atomic E-state index is 0.0708. The van der Waals surface area contributed by atoms with E-state index in [9.17, 15) is 22.4 Å². The number of halogens is 4. The van der Waals surface area contributed by atoms with Gasteiger partial charge in [-0.15, -0.1) is 0 Å². The Morgan fingerprint density at radius 1 is 1.14 bits per heavy atom. The Morgan fingerprint density at radius 2 is 1.93 bits per heavy atom. The van der Waals surface area contributed by atoms with Crippen LogP contribution in [0.15, 0.2) is 65.9 Å². The quantitative estimate of drug-likeness (QED) is 0.404. The van der Waals surface area contributed by atoms with Crippen LogP contribution in [0.3, 0.4) is 0 Å². The van der Waals surface area contributed by atoms with Crippen molar-refractivity contribution in [3.05, 3.63) is 89.0 Å². The average molecular weight is 400 g/mol. The van der Waals surface area contributed by atoms with Crippen LogP contribution in [0.25, 0.3) is 5.69 Å². The zero-order valence-electron chi connectivity index (χ0n) is 14.6. The molecule has 0 spiro atoms. The fraction of sp³-hybridized carbons (Fsp3) is 0.0500. The van der Waals surface area contributed by atoms with Gasteiger partial charge in [0.15, 0.2) is 0 Å². The largest absolute Gasteiger partial charge is 0.416 e. The van der Waals surface area contributed by atoms with Crippen LogP contribution in [0.5, 0.6) is 0 Å². The molecule has 2 aromatic carbocycles. The highest BCUT2D eigenvalue weighted by molar-refractivity contribution is 5.95. The number of alkyl halides is 3. The Bertz CT molecular complexity index is 1130. The monoisotopic (exact) mass is 400 g/mol. The summed E-state index contributed by atoms with van der Waals surface area (Å²) in [6.07, 6.45) is -1.71. The Balaban J connectivity index is 1.78. The Hall–Kier alpha value is -3.93. The summed E-state index contributed by atoms with van der Waals surface area (Å²) in [6, 6.07) is 13.1. The van der Waals surface area contributed by atoms with Crippen LogP contribution in [0.2, 0.25) is 0 Å². The van der Waals surface area contributed by atoms with Crippen molar-refractivity contribution < 1.29 is 22.4 Å². The highest BCUT2D eigenvalue weighted by Crippen LogP contribution is 2.30. The lowest BCUT2D eigenvalue weighted by Gasteiger charge is -2.11. The molecule has 0 radical (unpaired) electrons. The van der Waals surface area contributed by atoms with Gasteiger partial charge in [-0.05, 0) is 48.5 Å². The maximum Gasteiger partial charge on any atom is 0.416 e. The number of carbonyl (C=O) groups excluding carboxylic acids is 1. The lowest BCUT2D eigenvalue weighted by molar-refractivity contribution is -0.137. The molecule has 0 bridgehead atoms. The molecule has 3 aromatic rings. The summed E-state index contributed by atoms with van der Waals surface area (Å²) in [5.74, 6) is -1.70. The van der Waals surface area contributed by atoms with Crippen LogP contribution >= 0.6 is 0 Å². The van der Waals surface area contributed by atoms with Gasteiger partial charge in [-0.2, -0.15) is 23.5 Å². The van der Waals surface area contributed by atoms with E-state index in [1.54, 1.807) is 24.4 Å². The molecule has 29 heavy (non-hydrogen) atoms. The first-order valence-corrected chi connectivity index (χ1v) is 8.17. The number of hydrogen-bond donors (Lipinski definition) is 1. The lowest BCUT2D eigenvalue weighted by atomic mass is 10.1. The van der Waals surface area contributed by atoms with Crippen molar-refractivity contribution in [2.45, 2.75) is 6.18 Å². The molecular formula is C20H12F4N4O. The normalized spacial score (nSPS) is 11.4. The summed E-state index contributed by atoms with van der Waals surface area (Å²) in [4.78, 5) is 12.0. The number of rotatable bonds is 4. The average Bonchev–Trinajstić information content (AvgIpc) is 3.15. The molecule has 0 unspecified atom stereocenters. The summed E-state index contributed by atoms with van der Waals surface area (Å²) in [6.45, 7) is 0. The number of nitrogens with zero attached hydrogens (tertiary/aromatic N) is 3. The SMILES string of the molecule is N#Cc1ccc(C(=O)N/N=C\c2cccn2-c2cccc(C(F)(F)F)c2)c(F)c1. The van der Waals surface area contributed by atoms with Gasteiger partial charge < -0.3 is 4.57 Å². The summed E-state index contributed by atoms with van der Waals surface area (Å²) < 4.78 is 54.0. The summed E-state index contributed by atoms with van der Waals surface area (Å²) in [5.41, 5.74) is 1.78. The Labute approximate surface area is 162 Å². The third-order valence-electron chi connectivity index (χ3n) is 3.94. The highest BCUT2D eigenvalue weighted by atomic mass is 19.4. The van der Waals surface area contributed by atoms with Gasteiger partial charge in [0.1, 0.15) is 5.82 Å². The fourth-order valence-corrected chi connectivity index (χ4v) is 2.55. The van der Waals surface area contributed by atoms with Crippen LogP contribution < -0.4 is 5.43 Å². The van der Waals surface area contributed by atoms with Crippen LogP contribution in [-0.4, -0.2) is 16.7 Å². The summed E-state index contributed by atoms with van der Waals surface area (Å²) in [5, 5.41) is 12.4. The zero-order chi connectivity index (χ0) is 21.0. The van der Waals surface area contributed by atoms with E-state index in [1.165, 1.54) is 29.0 Å². The van der Waals surface area contributed by atoms with Gasteiger partial charge in [-0.25, -0.2) is 9.82 Å². The zero-order valence-corrected chi connectivity index (χ0v) is 14.6. The third-order valence-corrected chi connectivity index (χ3v) is 3.94. The molecule has 0 fully saturated rings. The summed E-state index contributed by atoms with van der Waals surface area (Å²) >= 11 is 0. The second-order valence-corrected chi connectivity index (χ2v) is 5.86. The van der Waals surface area contributed by atoms with Gasteiger partial charge in [0.2, 0.25) is 0 Å². The number of amides is 1. The first-order valence-electron chi connectivity index (χ1n) is 8.17. The van der Waals surface area contributed by atoms with Crippen molar-refractivity contribution in [3.8, 4) is 11.8 Å². The molecule has 0 atom stereocenters. The number of benzene rings is 2. The molecule has 0 saturated heterocycles. The predicted molar refractivity (Wildman–Crippen MR) is 96.9 cm³/mol. The maximum atomic E-state index is 13.8. The van der Waals surface area contributed by atoms with Crippen molar-refractivity contribution in [3.63, 3.8) is 0 Å². The van der Waals surface area contributed by atoms with Crippen LogP contribution in [0.4, 0.5) is 17.6 Å². The number of hydrazone groups is 1. The number of aromatic nitrogens is 1. The highest BCUT2D eigenvalue weighted by Gasteiger charge is 2.30. The molecule has 3 rings (SSSR count). The van der Waals surface area contributed by atoms with E-state index >= 15 is 0 Å². The molecule has 1 heterocycles. The molecule has 0 aliphatic heterocycles. The Morgan fingerprint density at radius 3 is 2.62 bits per heavy atom. The van der Waals surface area contributed by atoms with E-state index < -0.39 is 23.5 Å². The van der Waals surface area contributed by atoms with Crippen molar-refractivity contribution in [1.29, 1.82) is 5.26 Å². The van der Waals surface area contributed by atoms with Gasteiger partial charge in [0.05, 0.1) is 34.7 Å². The van der Waals surface area contributed by atoms with E-state index in [0.717, 1.165) is 24.3 Å². The molecule has 9 heteroatoms. The van der Waals surface area contributed by atoms with Crippen molar-refractivity contribution >= 4 is 12.1 Å². The van der Waals surface area contributed by atoms with E-state index in [-0.39, 0.29) is 16.8 Å². The second-order valence-electron chi connectivity index (χ2n) is 5.86. The molecule has 1 amide bonds. The van der Waals surface area contributed by atoms with E-state index in [2.05, 4.69) is 10.5 Å². The second kappa shape index (κ2) is 7.98. The number of nitriles is 1. The van der Waals surface area contributed by atoms with Gasteiger partial charge >= 0.3 is 6.18 Å². The molecule has 146 valence electrons. The van der Waals surface area contributed by atoms with Crippen molar-refractivity contribution in [1.82, 2.24) is 9.99 Å². The molecule has 0 aliphatic carbocycles. The first kappa shape index (κ1) is 19.8. The standard InChI is InChI=1S/C20H12F4N4O/c21-18-9-13(11-25)6-7-17(18)19(29)27-26-12-16-5-2-8-28(16)15-4-1-3-14(10-15)20(22,23)24/h1-10,12H,(H,27,29)/b26-12-. The molecule has 1 N–H and O–H groups in total. The predicted octanol–water partition coefficient (Wildman–Crippen LogP) is 4.27. The van der Waals surface area contributed by atoms with Gasteiger partial charge in [-0.3, -0.25) is 4.79 Å². The number of hydrogen-bond acceptors (Lipinski definition) is 3. The van der Waals surface area contributed by atoms with Crippen LogP contribution in [0, 0.1) is 17.1 Å². The van der Waals surface area contributed by atoms with Crippen LogP contribution in [-0.2, 0) is 6.18 Å². The van der Waals surface area contributed by atoms with Gasteiger partial charge in [0, 0.05) is 11.9 Å². The van der Waals surface area contributed by atoms with Crippen molar-refractivity contribution in [2.24, 2.45) is 5.10 Å². The topological polar surface area (TPSA) is 70.2 Å². The molecular weight excluding hydrogens is 388 g/mol. The third kappa shape index (κ3) is 4.50. The van der Waals surface area contributed by atoms with E-state index in [1.807, 2.05) is 0 Å². The molecule has 0 aliphatic rings. The number of nitrogens with one attached hydrogen (secondary N) is 1. The minimum Gasteiger partial charge on any atom is -0.316 e.